The summed E-state index contributed by atoms with van der Waals surface area (Å²) in [7, 11) is 0. The molecule has 1 nitrogen and oxygen atoms in total. The Kier molecular flexibility index (Phi) is 4.71. The molecule has 0 atom stereocenters. The fraction of sp³-hybridized carbons (Fsp3) is 0.0233. The van der Waals surface area contributed by atoms with Gasteiger partial charge in [-0.05, 0) is 101 Å². The molecule has 0 radical (unpaired) electrons. The average Bonchev–Trinajstić information content (AvgIpc) is 3.55. The lowest BCUT2D eigenvalue weighted by Gasteiger charge is -2.30. The van der Waals surface area contributed by atoms with Crippen molar-refractivity contribution >= 4 is 43.7 Å². The van der Waals surface area contributed by atoms with Crippen molar-refractivity contribution in [1.29, 1.82) is 0 Å². The van der Waals surface area contributed by atoms with E-state index < -0.39 is 0 Å². The van der Waals surface area contributed by atoms with Crippen molar-refractivity contribution in [3.05, 3.63) is 180 Å². The zero-order valence-corrected chi connectivity index (χ0v) is 24.0. The van der Waals surface area contributed by atoms with Crippen LogP contribution in [0.25, 0.3) is 54.6 Å². The third-order valence-electron chi connectivity index (χ3n) is 10.0. The standard InChI is InChI=1S/C43H27N/c1-2-13-31-29(11-1)30-12-3-4-14-32(30)37-25-27(21-23-33(31)37)44-28-22-24-42-38(26-28)36-17-7-10-20-41(36)43(42)39-18-8-5-15-34(39)35-16-6-9-19-40(35)43/h1-26,44H. The van der Waals surface area contributed by atoms with E-state index in [0.717, 1.165) is 11.4 Å². The largest absolute Gasteiger partial charge is 0.355 e. The van der Waals surface area contributed by atoms with Crippen LogP contribution in [0.5, 0.6) is 0 Å². The van der Waals surface area contributed by atoms with Crippen LogP contribution in [0.2, 0.25) is 0 Å². The third kappa shape index (κ3) is 2.98. The van der Waals surface area contributed by atoms with Gasteiger partial charge in [0.15, 0.2) is 0 Å². The molecule has 10 rings (SSSR count). The summed E-state index contributed by atoms with van der Waals surface area (Å²) in [4.78, 5) is 0. The van der Waals surface area contributed by atoms with E-state index >= 15 is 0 Å². The number of nitrogens with one attached hydrogen (secondary N) is 1. The summed E-state index contributed by atoms with van der Waals surface area (Å²) in [6.07, 6.45) is 0. The Hall–Kier alpha value is -5.66. The third-order valence-corrected chi connectivity index (χ3v) is 10.0. The number of hydrogen-bond donors (Lipinski definition) is 1. The smallest absolute Gasteiger partial charge is 0.0725 e. The molecule has 204 valence electrons. The first kappa shape index (κ1) is 23.9. The highest BCUT2D eigenvalue weighted by molar-refractivity contribution is 6.25. The van der Waals surface area contributed by atoms with Gasteiger partial charge in [-0.2, -0.15) is 0 Å². The first-order valence-corrected chi connectivity index (χ1v) is 15.4. The van der Waals surface area contributed by atoms with Crippen LogP contribution in [0, 0.1) is 0 Å². The van der Waals surface area contributed by atoms with Crippen molar-refractivity contribution < 1.29 is 0 Å². The van der Waals surface area contributed by atoms with Crippen molar-refractivity contribution in [2.45, 2.75) is 5.41 Å². The predicted octanol–water partition coefficient (Wildman–Crippen LogP) is 11.2. The Morgan fingerprint density at radius 3 is 1.25 bits per heavy atom. The molecule has 2 aliphatic carbocycles. The van der Waals surface area contributed by atoms with E-state index in [-0.39, 0.29) is 5.41 Å². The minimum atomic E-state index is -0.305. The number of rotatable bonds is 2. The average molecular weight is 558 g/mol. The second kappa shape index (κ2) is 8.69. The molecule has 0 saturated carbocycles. The summed E-state index contributed by atoms with van der Waals surface area (Å²) in [5, 5.41) is 11.5. The highest BCUT2D eigenvalue weighted by Gasteiger charge is 2.51. The van der Waals surface area contributed by atoms with Gasteiger partial charge in [0.2, 0.25) is 0 Å². The summed E-state index contributed by atoms with van der Waals surface area (Å²) in [6, 6.07) is 58.2. The van der Waals surface area contributed by atoms with Crippen LogP contribution < -0.4 is 5.32 Å². The molecule has 0 aliphatic heterocycles. The van der Waals surface area contributed by atoms with Crippen LogP contribution in [0.4, 0.5) is 11.4 Å². The maximum atomic E-state index is 3.79. The van der Waals surface area contributed by atoms with Gasteiger partial charge in [0.25, 0.3) is 0 Å². The molecular formula is C43H27N. The second-order valence-corrected chi connectivity index (χ2v) is 12.1. The minimum Gasteiger partial charge on any atom is -0.355 e. The molecule has 1 spiro atoms. The number of benzene rings is 8. The summed E-state index contributed by atoms with van der Waals surface area (Å²) in [5.41, 5.74) is 12.7. The molecule has 8 aromatic carbocycles. The first-order valence-electron chi connectivity index (χ1n) is 15.4. The molecule has 1 heteroatoms. The van der Waals surface area contributed by atoms with E-state index in [0.29, 0.717) is 0 Å². The lowest BCUT2D eigenvalue weighted by atomic mass is 9.70. The maximum absolute atomic E-state index is 3.79. The fourth-order valence-electron chi connectivity index (χ4n) is 8.33. The number of hydrogen-bond acceptors (Lipinski definition) is 1. The zero-order chi connectivity index (χ0) is 28.8. The molecule has 0 amide bonds. The van der Waals surface area contributed by atoms with E-state index in [9.17, 15) is 0 Å². The van der Waals surface area contributed by atoms with Crippen molar-refractivity contribution in [3.63, 3.8) is 0 Å². The lowest BCUT2D eigenvalue weighted by molar-refractivity contribution is 0.794. The van der Waals surface area contributed by atoms with Crippen molar-refractivity contribution in [2.75, 3.05) is 5.32 Å². The van der Waals surface area contributed by atoms with Gasteiger partial charge >= 0.3 is 0 Å². The normalized spacial score (nSPS) is 13.6. The molecule has 0 aromatic heterocycles. The molecule has 0 saturated heterocycles. The van der Waals surface area contributed by atoms with Crippen molar-refractivity contribution in [2.24, 2.45) is 0 Å². The van der Waals surface area contributed by atoms with E-state index in [2.05, 4.69) is 163 Å². The highest BCUT2D eigenvalue weighted by Crippen LogP contribution is 2.62. The van der Waals surface area contributed by atoms with Gasteiger partial charge in [0.1, 0.15) is 0 Å². The molecular weight excluding hydrogens is 530 g/mol. The van der Waals surface area contributed by atoms with Crippen LogP contribution in [-0.4, -0.2) is 0 Å². The first-order chi connectivity index (χ1) is 21.8. The summed E-state index contributed by atoms with van der Waals surface area (Å²) >= 11 is 0. The molecule has 44 heavy (non-hydrogen) atoms. The minimum absolute atomic E-state index is 0.305. The highest BCUT2D eigenvalue weighted by atomic mass is 14.9. The molecule has 0 unspecified atom stereocenters. The van der Waals surface area contributed by atoms with E-state index in [1.807, 2.05) is 0 Å². The maximum Gasteiger partial charge on any atom is 0.0725 e. The van der Waals surface area contributed by atoms with Gasteiger partial charge in [-0.3, -0.25) is 0 Å². The Morgan fingerprint density at radius 1 is 0.295 bits per heavy atom. The van der Waals surface area contributed by atoms with Crippen molar-refractivity contribution in [3.8, 4) is 22.3 Å². The Balaban J connectivity index is 1.15. The summed E-state index contributed by atoms with van der Waals surface area (Å²) in [6.45, 7) is 0. The van der Waals surface area contributed by atoms with Crippen LogP contribution in [0.3, 0.4) is 0 Å². The zero-order valence-electron chi connectivity index (χ0n) is 24.0. The van der Waals surface area contributed by atoms with E-state index in [4.69, 9.17) is 0 Å². The van der Waals surface area contributed by atoms with Gasteiger partial charge in [-0.1, -0.05) is 133 Å². The van der Waals surface area contributed by atoms with Crippen LogP contribution >= 0.6 is 0 Å². The van der Waals surface area contributed by atoms with Gasteiger partial charge in [-0.15, -0.1) is 0 Å². The Bertz CT molecular complexity index is 2400. The quantitative estimate of drug-likeness (QED) is 0.208. The molecule has 8 aromatic rings. The number of fused-ring (bicyclic) bond motifs is 16. The van der Waals surface area contributed by atoms with Crippen LogP contribution in [-0.2, 0) is 5.41 Å². The van der Waals surface area contributed by atoms with Crippen molar-refractivity contribution in [1.82, 2.24) is 0 Å². The monoisotopic (exact) mass is 557 g/mol. The fourth-order valence-corrected chi connectivity index (χ4v) is 8.33. The van der Waals surface area contributed by atoms with Gasteiger partial charge in [0.05, 0.1) is 5.41 Å². The Morgan fingerprint density at radius 2 is 0.682 bits per heavy atom. The van der Waals surface area contributed by atoms with E-state index in [1.165, 1.54) is 76.8 Å². The predicted molar refractivity (Wildman–Crippen MR) is 185 cm³/mol. The molecule has 2 aliphatic rings. The van der Waals surface area contributed by atoms with Crippen LogP contribution in [0.15, 0.2) is 158 Å². The SMILES string of the molecule is c1ccc2c(c1)-c1ccccc1C21c2ccccc2-c2cc(Nc3ccc4c5ccccc5c5ccccc5c4c3)ccc21. The molecule has 0 bridgehead atoms. The van der Waals surface area contributed by atoms with E-state index in [1.54, 1.807) is 0 Å². The summed E-state index contributed by atoms with van der Waals surface area (Å²) < 4.78 is 0. The van der Waals surface area contributed by atoms with Gasteiger partial charge < -0.3 is 5.32 Å². The molecule has 1 N–H and O–H groups in total. The molecule has 0 heterocycles. The second-order valence-electron chi connectivity index (χ2n) is 12.1. The number of anilines is 2. The molecule has 0 fully saturated rings. The van der Waals surface area contributed by atoms with Gasteiger partial charge in [0, 0.05) is 11.4 Å². The van der Waals surface area contributed by atoms with Gasteiger partial charge in [-0.25, -0.2) is 0 Å². The Labute approximate surface area is 256 Å². The van der Waals surface area contributed by atoms with Crippen LogP contribution in [0.1, 0.15) is 22.3 Å². The topological polar surface area (TPSA) is 12.0 Å². The lowest BCUT2D eigenvalue weighted by Crippen LogP contribution is -2.25. The summed E-state index contributed by atoms with van der Waals surface area (Å²) in [5.74, 6) is 0.